The minimum atomic E-state index is -0.439. The fourth-order valence-electron chi connectivity index (χ4n) is 3.32. The van der Waals surface area contributed by atoms with Crippen LogP contribution in [-0.4, -0.2) is 48.5 Å². The van der Waals surface area contributed by atoms with Crippen LogP contribution in [0, 0.1) is 5.82 Å². The Balaban J connectivity index is 0.00000280. The minimum absolute atomic E-state index is 0. The van der Waals surface area contributed by atoms with Gasteiger partial charge < -0.3 is 14.5 Å². The maximum atomic E-state index is 13.4. The molecule has 1 aliphatic rings. The molecule has 0 N–H and O–H groups in total. The quantitative estimate of drug-likeness (QED) is 0.544. The van der Waals surface area contributed by atoms with Gasteiger partial charge >= 0.3 is 5.97 Å². The summed E-state index contributed by atoms with van der Waals surface area (Å²) in [6.07, 6.45) is 3.90. The smallest absolute Gasteiger partial charge is 0.339 e. The number of esters is 1. The number of piperidine rings is 1. The predicted octanol–water partition coefficient (Wildman–Crippen LogP) is 3.06. The number of methoxy groups -OCH3 is 1. The number of anilines is 1. The molecule has 0 bridgehead atoms. The molecule has 1 amide bonds. The van der Waals surface area contributed by atoms with Crippen LogP contribution in [-0.2, 0) is 16.1 Å². The van der Waals surface area contributed by atoms with Gasteiger partial charge in [-0.2, -0.15) is 0 Å². The monoisotopic (exact) mass is 407 g/mol. The van der Waals surface area contributed by atoms with Crippen molar-refractivity contribution in [1.82, 2.24) is 9.88 Å². The molecule has 1 aliphatic heterocycles. The van der Waals surface area contributed by atoms with Crippen LogP contribution in [0.25, 0.3) is 0 Å². The second kappa shape index (κ2) is 10.0. The Bertz CT molecular complexity index is 796. The van der Waals surface area contributed by atoms with Gasteiger partial charge in [0.05, 0.1) is 24.9 Å². The summed E-state index contributed by atoms with van der Waals surface area (Å²) in [5, 5.41) is 0. The molecule has 150 valence electrons. The third kappa shape index (κ3) is 5.19. The lowest BCUT2D eigenvalue weighted by molar-refractivity contribution is -0.121. The van der Waals surface area contributed by atoms with E-state index in [1.807, 2.05) is 6.07 Å². The SMILES string of the molecule is COC(=O)c1ccc(CN(C=O)C2CCN(c3cccc(F)c3)CC2)nc1.Cl. The third-order valence-corrected chi connectivity index (χ3v) is 4.83. The van der Waals surface area contributed by atoms with Gasteiger partial charge in [0.1, 0.15) is 5.82 Å². The Morgan fingerprint density at radius 1 is 1.32 bits per heavy atom. The third-order valence-electron chi connectivity index (χ3n) is 4.83. The zero-order valence-corrected chi connectivity index (χ0v) is 16.4. The maximum Gasteiger partial charge on any atom is 0.339 e. The van der Waals surface area contributed by atoms with E-state index in [0.717, 1.165) is 38.0 Å². The van der Waals surface area contributed by atoms with Crippen LogP contribution in [0.2, 0.25) is 0 Å². The molecule has 0 aliphatic carbocycles. The van der Waals surface area contributed by atoms with Gasteiger partial charge in [0, 0.05) is 31.0 Å². The van der Waals surface area contributed by atoms with E-state index in [1.54, 1.807) is 23.1 Å². The van der Waals surface area contributed by atoms with Gasteiger partial charge in [-0.3, -0.25) is 9.78 Å². The summed E-state index contributed by atoms with van der Waals surface area (Å²) >= 11 is 0. The standard InChI is InChI=1S/C20H22FN3O3.ClH/c1-27-20(26)15-5-6-17(22-12-15)13-24(14-25)18-7-9-23(10-8-18)19-4-2-3-16(21)11-19;/h2-6,11-12,14,18H,7-10,13H2,1H3;1H. The first-order valence-corrected chi connectivity index (χ1v) is 8.85. The Kier molecular flexibility index (Phi) is 7.75. The number of benzene rings is 1. The van der Waals surface area contributed by atoms with Crippen LogP contribution in [0.5, 0.6) is 0 Å². The normalized spacial score (nSPS) is 14.1. The van der Waals surface area contributed by atoms with E-state index >= 15 is 0 Å². The van der Waals surface area contributed by atoms with Crippen LogP contribution in [0.15, 0.2) is 42.6 Å². The topological polar surface area (TPSA) is 62.7 Å². The van der Waals surface area contributed by atoms with Gasteiger partial charge in [0.2, 0.25) is 6.41 Å². The lowest BCUT2D eigenvalue weighted by Crippen LogP contribution is -2.44. The van der Waals surface area contributed by atoms with Gasteiger partial charge in [0.25, 0.3) is 0 Å². The lowest BCUT2D eigenvalue weighted by Gasteiger charge is -2.37. The van der Waals surface area contributed by atoms with Gasteiger partial charge in [-0.1, -0.05) is 6.07 Å². The van der Waals surface area contributed by atoms with Crippen LogP contribution in [0.4, 0.5) is 10.1 Å². The molecular formula is C20H23ClFN3O3. The van der Waals surface area contributed by atoms with Gasteiger partial charge in [0.15, 0.2) is 0 Å². The first kappa shape index (κ1) is 21.6. The average Bonchev–Trinajstić information content (AvgIpc) is 2.72. The highest BCUT2D eigenvalue weighted by molar-refractivity contribution is 5.88. The Morgan fingerprint density at radius 2 is 2.07 bits per heavy atom. The molecule has 0 saturated carbocycles. The van der Waals surface area contributed by atoms with Crippen molar-refractivity contribution in [3.63, 3.8) is 0 Å². The van der Waals surface area contributed by atoms with Crippen LogP contribution in [0.1, 0.15) is 28.9 Å². The number of carbonyl (C=O) groups is 2. The Labute approximate surface area is 169 Å². The van der Waals surface area contributed by atoms with E-state index in [-0.39, 0.29) is 24.3 Å². The summed E-state index contributed by atoms with van der Waals surface area (Å²) < 4.78 is 18.1. The van der Waals surface area contributed by atoms with Crippen LogP contribution in [0.3, 0.4) is 0 Å². The molecule has 1 saturated heterocycles. The van der Waals surface area contributed by atoms with Crippen molar-refractivity contribution < 1.29 is 18.7 Å². The highest BCUT2D eigenvalue weighted by atomic mass is 35.5. The van der Waals surface area contributed by atoms with Crippen molar-refractivity contribution in [3.8, 4) is 0 Å². The molecule has 6 nitrogen and oxygen atoms in total. The Hall–Kier alpha value is -2.67. The molecular weight excluding hydrogens is 385 g/mol. The maximum absolute atomic E-state index is 13.4. The average molecular weight is 408 g/mol. The second-order valence-electron chi connectivity index (χ2n) is 6.51. The number of hydrogen-bond donors (Lipinski definition) is 0. The molecule has 8 heteroatoms. The summed E-state index contributed by atoms with van der Waals surface area (Å²) in [5.41, 5.74) is 1.95. The van der Waals surface area contributed by atoms with E-state index in [4.69, 9.17) is 0 Å². The molecule has 3 rings (SSSR count). The summed E-state index contributed by atoms with van der Waals surface area (Å²) in [6.45, 7) is 1.90. The molecule has 0 atom stereocenters. The molecule has 1 aromatic heterocycles. The number of aromatic nitrogens is 1. The lowest BCUT2D eigenvalue weighted by atomic mass is 10.0. The number of pyridine rings is 1. The molecule has 2 heterocycles. The number of amides is 1. The molecule has 2 aromatic rings. The summed E-state index contributed by atoms with van der Waals surface area (Å²) in [7, 11) is 1.32. The van der Waals surface area contributed by atoms with Gasteiger partial charge in [-0.05, 0) is 43.2 Å². The van der Waals surface area contributed by atoms with Crippen molar-refractivity contribution in [2.45, 2.75) is 25.4 Å². The number of nitrogens with zero attached hydrogens (tertiary/aromatic N) is 3. The predicted molar refractivity (Wildman–Crippen MR) is 106 cm³/mol. The number of halogens is 2. The number of ether oxygens (including phenoxy) is 1. The summed E-state index contributed by atoms with van der Waals surface area (Å²) in [6, 6.07) is 10.0. The molecule has 0 radical (unpaired) electrons. The van der Waals surface area contributed by atoms with Crippen molar-refractivity contribution in [2.75, 3.05) is 25.1 Å². The largest absolute Gasteiger partial charge is 0.465 e. The van der Waals surface area contributed by atoms with Crippen molar-refractivity contribution in [3.05, 3.63) is 59.7 Å². The molecule has 1 fully saturated rings. The van der Waals surface area contributed by atoms with Gasteiger partial charge in [-0.25, -0.2) is 9.18 Å². The Morgan fingerprint density at radius 3 is 2.64 bits per heavy atom. The van der Waals surface area contributed by atoms with Crippen LogP contribution < -0.4 is 4.90 Å². The highest BCUT2D eigenvalue weighted by Gasteiger charge is 2.24. The molecule has 0 unspecified atom stereocenters. The van der Waals surface area contributed by atoms with E-state index in [2.05, 4.69) is 14.6 Å². The zero-order chi connectivity index (χ0) is 19.2. The van der Waals surface area contributed by atoms with E-state index in [9.17, 15) is 14.0 Å². The molecule has 1 aromatic carbocycles. The van der Waals surface area contributed by atoms with Crippen molar-refractivity contribution in [1.29, 1.82) is 0 Å². The fourth-order valence-corrected chi connectivity index (χ4v) is 3.32. The minimum Gasteiger partial charge on any atom is -0.465 e. The van der Waals surface area contributed by atoms with E-state index in [1.165, 1.54) is 25.4 Å². The molecule has 0 spiro atoms. The summed E-state index contributed by atoms with van der Waals surface area (Å²) in [5.74, 6) is -0.684. The first-order chi connectivity index (χ1) is 13.1. The zero-order valence-electron chi connectivity index (χ0n) is 15.6. The fraction of sp³-hybridized carbons (Fsp3) is 0.350. The number of rotatable bonds is 6. The summed E-state index contributed by atoms with van der Waals surface area (Å²) in [4.78, 5) is 31.2. The first-order valence-electron chi connectivity index (χ1n) is 8.85. The second-order valence-corrected chi connectivity index (χ2v) is 6.51. The number of hydrogen-bond acceptors (Lipinski definition) is 5. The highest BCUT2D eigenvalue weighted by Crippen LogP contribution is 2.23. The van der Waals surface area contributed by atoms with E-state index in [0.29, 0.717) is 17.8 Å². The molecule has 28 heavy (non-hydrogen) atoms. The van der Waals surface area contributed by atoms with Crippen molar-refractivity contribution >= 4 is 30.5 Å². The van der Waals surface area contributed by atoms with E-state index < -0.39 is 5.97 Å². The van der Waals surface area contributed by atoms with Crippen LogP contribution >= 0.6 is 12.4 Å². The van der Waals surface area contributed by atoms with Crippen molar-refractivity contribution in [2.24, 2.45) is 0 Å². The van der Waals surface area contributed by atoms with Gasteiger partial charge in [-0.15, -0.1) is 12.4 Å². The number of carbonyl (C=O) groups excluding carboxylic acids is 2.